The van der Waals surface area contributed by atoms with E-state index in [1.165, 1.54) is 11.1 Å². The highest BCUT2D eigenvalue weighted by molar-refractivity contribution is 5.85. The molecule has 0 amide bonds. The Morgan fingerprint density at radius 3 is 2.32 bits per heavy atom. The number of benzene rings is 1. The van der Waals surface area contributed by atoms with E-state index >= 15 is 0 Å². The van der Waals surface area contributed by atoms with Crippen molar-refractivity contribution in [2.75, 3.05) is 5.32 Å². The highest BCUT2D eigenvalue weighted by Crippen LogP contribution is 2.23. The molecule has 0 fully saturated rings. The molecule has 0 bridgehead atoms. The molecular weight excluding hydrogens is 260 g/mol. The van der Waals surface area contributed by atoms with Gasteiger partial charge in [-0.2, -0.15) is 0 Å². The van der Waals surface area contributed by atoms with Crippen molar-refractivity contribution in [1.82, 2.24) is 9.97 Å². The first-order valence-electron chi connectivity index (χ1n) is 6.19. The van der Waals surface area contributed by atoms with Crippen molar-refractivity contribution in [3.8, 4) is 0 Å². The summed E-state index contributed by atoms with van der Waals surface area (Å²) in [6.07, 6.45) is 5.59. The van der Waals surface area contributed by atoms with Crippen molar-refractivity contribution in [2.45, 2.75) is 25.4 Å². The molecule has 1 aromatic carbocycles. The van der Waals surface area contributed by atoms with Crippen LogP contribution in [0.15, 0.2) is 36.7 Å². The fourth-order valence-electron chi connectivity index (χ4n) is 2.40. The van der Waals surface area contributed by atoms with E-state index in [2.05, 4.69) is 39.6 Å². The normalized spacial score (nSPS) is 13.7. The molecule has 1 heterocycles. The molecule has 0 spiro atoms. The minimum absolute atomic E-state index is 0. The van der Waals surface area contributed by atoms with Crippen LogP contribution in [0.25, 0.3) is 0 Å². The fourth-order valence-corrected chi connectivity index (χ4v) is 2.40. The second kappa shape index (κ2) is 5.99. The lowest BCUT2D eigenvalue weighted by atomic mass is 10.1. The van der Waals surface area contributed by atoms with Crippen molar-refractivity contribution in [2.24, 2.45) is 5.73 Å². The summed E-state index contributed by atoms with van der Waals surface area (Å²) in [6, 6.07) is 8.99. The van der Waals surface area contributed by atoms with E-state index in [1.807, 2.05) is 0 Å². The van der Waals surface area contributed by atoms with Gasteiger partial charge in [-0.15, -0.1) is 12.4 Å². The van der Waals surface area contributed by atoms with Gasteiger partial charge in [0.25, 0.3) is 0 Å². The van der Waals surface area contributed by atoms with Gasteiger partial charge in [0.1, 0.15) is 5.82 Å². The summed E-state index contributed by atoms with van der Waals surface area (Å²) in [5.41, 5.74) is 9.18. The molecule has 0 atom stereocenters. The van der Waals surface area contributed by atoms with Crippen molar-refractivity contribution in [3.05, 3.63) is 53.5 Å². The first-order chi connectivity index (χ1) is 8.85. The highest BCUT2D eigenvalue weighted by Gasteiger charge is 2.20. The SMILES string of the molecule is Cl.NCc1cnc(NC2Cc3ccccc3C2)cn1. The smallest absolute Gasteiger partial charge is 0.144 e. The van der Waals surface area contributed by atoms with Crippen LogP contribution < -0.4 is 11.1 Å². The Bertz CT molecular complexity index is 516. The first kappa shape index (κ1) is 13.8. The van der Waals surface area contributed by atoms with Gasteiger partial charge in [-0.05, 0) is 24.0 Å². The molecule has 0 saturated carbocycles. The molecule has 3 N–H and O–H groups in total. The number of nitrogens with two attached hydrogens (primary N) is 1. The average Bonchev–Trinajstić information content (AvgIpc) is 2.82. The van der Waals surface area contributed by atoms with Crippen molar-refractivity contribution in [1.29, 1.82) is 0 Å². The molecule has 1 aromatic heterocycles. The summed E-state index contributed by atoms with van der Waals surface area (Å²) in [7, 11) is 0. The van der Waals surface area contributed by atoms with Crippen LogP contribution >= 0.6 is 12.4 Å². The number of fused-ring (bicyclic) bond motifs is 1. The Kier molecular flexibility index (Phi) is 4.35. The third-order valence-corrected chi connectivity index (χ3v) is 3.32. The Labute approximate surface area is 118 Å². The maximum atomic E-state index is 5.50. The third-order valence-electron chi connectivity index (χ3n) is 3.32. The van der Waals surface area contributed by atoms with Gasteiger partial charge >= 0.3 is 0 Å². The number of hydrogen-bond donors (Lipinski definition) is 2. The van der Waals surface area contributed by atoms with Crippen molar-refractivity contribution in [3.63, 3.8) is 0 Å². The lowest BCUT2D eigenvalue weighted by Gasteiger charge is -2.12. The summed E-state index contributed by atoms with van der Waals surface area (Å²) >= 11 is 0. The predicted octanol–water partition coefficient (Wildman–Crippen LogP) is 1.94. The zero-order chi connectivity index (χ0) is 12.4. The van der Waals surface area contributed by atoms with E-state index in [-0.39, 0.29) is 12.4 Å². The van der Waals surface area contributed by atoms with Gasteiger partial charge in [0.15, 0.2) is 0 Å². The second-order valence-corrected chi connectivity index (χ2v) is 4.62. The van der Waals surface area contributed by atoms with Gasteiger partial charge in [-0.3, -0.25) is 4.98 Å². The lowest BCUT2D eigenvalue weighted by Crippen LogP contribution is -2.20. The van der Waals surface area contributed by atoms with Gasteiger partial charge in [0.2, 0.25) is 0 Å². The molecule has 5 heteroatoms. The number of rotatable bonds is 3. The monoisotopic (exact) mass is 276 g/mol. The number of aromatic nitrogens is 2. The van der Waals surface area contributed by atoms with E-state index in [9.17, 15) is 0 Å². The zero-order valence-electron chi connectivity index (χ0n) is 10.5. The van der Waals surface area contributed by atoms with Gasteiger partial charge in [0.05, 0.1) is 18.1 Å². The maximum absolute atomic E-state index is 5.50. The molecule has 0 unspecified atom stereocenters. The summed E-state index contributed by atoms with van der Waals surface area (Å²) < 4.78 is 0. The topological polar surface area (TPSA) is 63.8 Å². The van der Waals surface area contributed by atoms with Crippen LogP contribution in [0.2, 0.25) is 0 Å². The van der Waals surface area contributed by atoms with Gasteiger partial charge < -0.3 is 11.1 Å². The molecule has 3 rings (SSSR count). The molecule has 1 aliphatic rings. The molecule has 100 valence electrons. The number of nitrogens with zero attached hydrogens (tertiary/aromatic N) is 2. The Morgan fingerprint density at radius 2 is 1.79 bits per heavy atom. The minimum atomic E-state index is 0. The van der Waals surface area contributed by atoms with E-state index in [0.29, 0.717) is 12.6 Å². The Hall–Kier alpha value is -1.65. The van der Waals surface area contributed by atoms with Crippen LogP contribution in [0.3, 0.4) is 0 Å². The molecule has 19 heavy (non-hydrogen) atoms. The molecule has 1 aliphatic carbocycles. The third kappa shape index (κ3) is 3.03. The standard InChI is InChI=1S/C14H16N4.ClH/c15-7-13-8-17-14(9-16-13)18-12-5-10-3-1-2-4-11(10)6-12;/h1-4,8-9,12H,5-7,15H2,(H,17,18);1H. The number of hydrogen-bond acceptors (Lipinski definition) is 4. The van der Waals surface area contributed by atoms with Gasteiger partial charge in [-0.25, -0.2) is 4.98 Å². The molecule has 4 nitrogen and oxygen atoms in total. The number of halogens is 1. The van der Waals surface area contributed by atoms with E-state index in [4.69, 9.17) is 5.73 Å². The molecule has 0 radical (unpaired) electrons. The van der Waals surface area contributed by atoms with Crippen LogP contribution in [0.1, 0.15) is 16.8 Å². The quantitative estimate of drug-likeness (QED) is 0.899. The van der Waals surface area contributed by atoms with Crippen molar-refractivity contribution >= 4 is 18.2 Å². The first-order valence-corrected chi connectivity index (χ1v) is 6.19. The van der Waals surface area contributed by atoms with Crippen LogP contribution in [0.5, 0.6) is 0 Å². The fraction of sp³-hybridized carbons (Fsp3) is 0.286. The van der Waals surface area contributed by atoms with Crippen molar-refractivity contribution < 1.29 is 0 Å². The van der Waals surface area contributed by atoms with Gasteiger partial charge in [0, 0.05) is 12.6 Å². The Balaban J connectivity index is 0.00000133. The zero-order valence-corrected chi connectivity index (χ0v) is 11.4. The maximum Gasteiger partial charge on any atom is 0.144 e. The van der Waals surface area contributed by atoms with Crippen LogP contribution in [0.4, 0.5) is 5.82 Å². The molecular formula is C14H17ClN4. The molecule has 2 aromatic rings. The van der Waals surface area contributed by atoms with E-state index in [1.54, 1.807) is 12.4 Å². The largest absolute Gasteiger partial charge is 0.365 e. The summed E-state index contributed by atoms with van der Waals surface area (Å²) in [6.45, 7) is 0.433. The average molecular weight is 277 g/mol. The molecule has 0 aliphatic heterocycles. The summed E-state index contributed by atoms with van der Waals surface area (Å²) in [4.78, 5) is 8.56. The second-order valence-electron chi connectivity index (χ2n) is 4.62. The summed E-state index contributed by atoms with van der Waals surface area (Å²) in [5.74, 6) is 0.824. The van der Waals surface area contributed by atoms with Crippen LogP contribution in [0, 0.1) is 0 Å². The summed E-state index contributed by atoms with van der Waals surface area (Å²) in [5, 5.41) is 3.42. The van der Waals surface area contributed by atoms with Crippen LogP contribution in [-0.4, -0.2) is 16.0 Å². The van der Waals surface area contributed by atoms with Gasteiger partial charge in [-0.1, -0.05) is 24.3 Å². The van der Waals surface area contributed by atoms with E-state index in [0.717, 1.165) is 24.4 Å². The Morgan fingerprint density at radius 1 is 1.11 bits per heavy atom. The number of nitrogens with one attached hydrogen (secondary N) is 1. The minimum Gasteiger partial charge on any atom is -0.365 e. The predicted molar refractivity (Wildman–Crippen MR) is 78.4 cm³/mol. The highest BCUT2D eigenvalue weighted by atomic mass is 35.5. The molecule has 0 saturated heterocycles. The van der Waals surface area contributed by atoms with Crippen LogP contribution in [-0.2, 0) is 19.4 Å². The van der Waals surface area contributed by atoms with E-state index < -0.39 is 0 Å². The lowest BCUT2D eigenvalue weighted by molar-refractivity contribution is 0.766. The number of anilines is 1.